The number of nitrogens with one attached hydrogen (secondary N) is 1. The summed E-state index contributed by atoms with van der Waals surface area (Å²) in [5, 5.41) is 8.13. The second kappa shape index (κ2) is 6.99. The van der Waals surface area contributed by atoms with Crippen LogP contribution >= 0.6 is 11.6 Å². The van der Waals surface area contributed by atoms with Crippen LogP contribution in [0.2, 0.25) is 5.02 Å². The Labute approximate surface area is 129 Å². The molecule has 110 valence electrons. The van der Waals surface area contributed by atoms with Crippen molar-refractivity contribution in [3.8, 4) is 11.5 Å². The minimum Gasteiger partial charge on any atom is -0.490 e. The second-order valence-corrected chi connectivity index (χ2v) is 4.80. The molecule has 0 spiro atoms. The SMILES string of the molecule is CCOc1cc(C(=N)N)ccc1OCc1ccccc1Cl. The lowest BCUT2D eigenvalue weighted by molar-refractivity contribution is 0.269. The minimum absolute atomic E-state index is 0.00592. The van der Waals surface area contributed by atoms with E-state index in [9.17, 15) is 0 Å². The molecule has 0 aliphatic rings. The number of amidine groups is 1. The molecule has 21 heavy (non-hydrogen) atoms. The van der Waals surface area contributed by atoms with Gasteiger partial charge in [0.15, 0.2) is 11.5 Å². The number of nitrogens with two attached hydrogens (primary N) is 1. The zero-order valence-electron chi connectivity index (χ0n) is 11.7. The second-order valence-electron chi connectivity index (χ2n) is 4.39. The summed E-state index contributed by atoms with van der Waals surface area (Å²) in [7, 11) is 0. The number of nitrogen functional groups attached to an aromatic ring is 1. The molecule has 0 aliphatic heterocycles. The lowest BCUT2D eigenvalue weighted by Crippen LogP contribution is -2.11. The molecule has 2 aromatic carbocycles. The lowest BCUT2D eigenvalue weighted by Gasteiger charge is -2.13. The van der Waals surface area contributed by atoms with Gasteiger partial charge in [-0.3, -0.25) is 5.41 Å². The van der Waals surface area contributed by atoms with Crippen LogP contribution in [0.3, 0.4) is 0 Å². The van der Waals surface area contributed by atoms with Crippen LogP contribution in [0.5, 0.6) is 11.5 Å². The van der Waals surface area contributed by atoms with Gasteiger partial charge in [-0.15, -0.1) is 0 Å². The van der Waals surface area contributed by atoms with Crippen LogP contribution in [0.25, 0.3) is 0 Å². The summed E-state index contributed by atoms with van der Waals surface area (Å²) < 4.78 is 11.3. The summed E-state index contributed by atoms with van der Waals surface area (Å²) in [4.78, 5) is 0. The molecule has 0 atom stereocenters. The molecule has 0 fully saturated rings. The quantitative estimate of drug-likeness (QED) is 0.633. The van der Waals surface area contributed by atoms with Crippen molar-refractivity contribution in [1.82, 2.24) is 0 Å². The van der Waals surface area contributed by atoms with Gasteiger partial charge < -0.3 is 15.2 Å². The Bertz CT molecular complexity index is 644. The van der Waals surface area contributed by atoms with Gasteiger partial charge in [0.25, 0.3) is 0 Å². The Morgan fingerprint density at radius 2 is 1.90 bits per heavy atom. The molecule has 5 heteroatoms. The van der Waals surface area contributed by atoms with Crippen molar-refractivity contribution < 1.29 is 9.47 Å². The molecular formula is C16H17ClN2O2. The summed E-state index contributed by atoms with van der Waals surface area (Å²) in [6.45, 7) is 2.74. The van der Waals surface area contributed by atoms with Crippen LogP contribution in [0, 0.1) is 5.41 Å². The van der Waals surface area contributed by atoms with Gasteiger partial charge in [-0.1, -0.05) is 29.8 Å². The van der Waals surface area contributed by atoms with E-state index < -0.39 is 0 Å². The molecule has 2 rings (SSSR count). The number of hydrogen-bond acceptors (Lipinski definition) is 3. The Hall–Kier alpha value is -2.20. The van der Waals surface area contributed by atoms with E-state index in [1.54, 1.807) is 18.2 Å². The topological polar surface area (TPSA) is 68.3 Å². The average Bonchev–Trinajstić information content (AvgIpc) is 2.47. The van der Waals surface area contributed by atoms with Crippen LogP contribution in [-0.2, 0) is 6.61 Å². The first-order valence-corrected chi connectivity index (χ1v) is 6.97. The Balaban J connectivity index is 2.19. The van der Waals surface area contributed by atoms with Crippen molar-refractivity contribution in [2.45, 2.75) is 13.5 Å². The molecule has 0 saturated heterocycles. The maximum absolute atomic E-state index is 7.46. The van der Waals surface area contributed by atoms with Crippen LogP contribution in [-0.4, -0.2) is 12.4 Å². The molecule has 0 aromatic heterocycles. The molecule has 0 radical (unpaired) electrons. The lowest BCUT2D eigenvalue weighted by atomic mass is 10.2. The number of ether oxygens (including phenoxy) is 2. The zero-order chi connectivity index (χ0) is 15.2. The summed E-state index contributed by atoms with van der Waals surface area (Å²) in [5.41, 5.74) is 6.98. The van der Waals surface area contributed by atoms with Gasteiger partial charge in [0.05, 0.1) is 6.61 Å². The molecule has 2 aromatic rings. The third-order valence-corrected chi connectivity index (χ3v) is 3.26. The Morgan fingerprint density at radius 3 is 2.57 bits per heavy atom. The summed E-state index contributed by atoms with van der Waals surface area (Å²) in [5.74, 6) is 1.16. The van der Waals surface area contributed by atoms with Gasteiger partial charge >= 0.3 is 0 Å². The van der Waals surface area contributed by atoms with Gasteiger partial charge in [-0.05, 0) is 31.2 Å². The Morgan fingerprint density at radius 1 is 1.14 bits per heavy atom. The summed E-state index contributed by atoms with van der Waals surface area (Å²) in [6.07, 6.45) is 0. The van der Waals surface area contributed by atoms with E-state index in [0.717, 1.165) is 5.56 Å². The van der Waals surface area contributed by atoms with Gasteiger partial charge in [-0.25, -0.2) is 0 Å². The highest BCUT2D eigenvalue weighted by Gasteiger charge is 2.09. The van der Waals surface area contributed by atoms with Gasteiger partial charge in [0, 0.05) is 16.1 Å². The maximum atomic E-state index is 7.46. The van der Waals surface area contributed by atoms with E-state index in [2.05, 4.69) is 0 Å². The number of benzene rings is 2. The van der Waals surface area contributed by atoms with Crippen molar-refractivity contribution in [1.29, 1.82) is 5.41 Å². The van der Waals surface area contributed by atoms with Crippen molar-refractivity contribution in [3.63, 3.8) is 0 Å². The number of rotatable bonds is 6. The molecule has 3 N–H and O–H groups in total. The van der Waals surface area contributed by atoms with Crippen LogP contribution in [0.15, 0.2) is 42.5 Å². The highest BCUT2D eigenvalue weighted by atomic mass is 35.5. The van der Waals surface area contributed by atoms with E-state index in [1.165, 1.54) is 0 Å². The highest BCUT2D eigenvalue weighted by molar-refractivity contribution is 6.31. The number of hydrogen-bond donors (Lipinski definition) is 2. The molecule has 0 bridgehead atoms. The fourth-order valence-electron chi connectivity index (χ4n) is 1.83. The first-order valence-electron chi connectivity index (χ1n) is 6.59. The smallest absolute Gasteiger partial charge is 0.161 e. The number of halogens is 1. The minimum atomic E-state index is -0.00592. The maximum Gasteiger partial charge on any atom is 0.161 e. The van der Waals surface area contributed by atoms with Gasteiger partial charge in [-0.2, -0.15) is 0 Å². The molecule has 0 aliphatic carbocycles. The van der Waals surface area contributed by atoms with Crippen LogP contribution in [0.1, 0.15) is 18.1 Å². The van der Waals surface area contributed by atoms with E-state index >= 15 is 0 Å². The monoisotopic (exact) mass is 304 g/mol. The third-order valence-electron chi connectivity index (χ3n) is 2.90. The predicted molar refractivity (Wildman–Crippen MR) is 84.4 cm³/mol. The average molecular weight is 305 g/mol. The fourth-order valence-corrected chi connectivity index (χ4v) is 2.02. The van der Waals surface area contributed by atoms with E-state index in [0.29, 0.717) is 35.3 Å². The predicted octanol–water partition coefficient (Wildman–Crippen LogP) is 3.60. The largest absolute Gasteiger partial charge is 0.490 e. The zero-order valence-corrected chi connectivity index (χ0v) is 12.5. The first kappa shape index (κ1) is 15.2. The van der Waals surface area contributed by atoms with E-state index in [4.69, 9.17) is 32.2 Å². The van der Waals surface area contributed by atoms with Crippen molar-refractivity contribution in [3.05, 3.63) is 58.6 Å². The molecule has 0 unspecified atom stereocenters. The third kappa shape index (κ3) is 3.89. The van der Waals surface area contributed by atoms with Crippen molar-refractivity contribution in [2.24, 2.45) is 5.73 Å². The van der Waals surface area contributed by atoms with E-state index in [1.807, 2.05) is 31.2 Å². The molecule has 4 nitrogen and oxygen atoms in total. The van der Waals surface area contributed by atoms with E-state index in [-0.39, 0.29) is 5.84 Å². The highest BCUT2D eigenvalue weighted by Crippen LogP contribution is 2.29. The Kier molecular flexibility index (Phi) is 5.06. The molecular weight excluding hydrogens is 288 g/mol. The molecule has 0 amide bonds. The van der Waals surface area contributed by atoms with Gasteiger partial charge in [0.1, 0.15) is 12.4 Å². The normalized spacial score (nSPS) is 10.2. The van der Waals surface area contributed by atoms with Gasteiger partial charge in [0.2, 0.25) is 0 Å². The van der Waals surface area contributed by atoms with Crippen molar-refractivity contribution in [2.75, 3.05) is 6.61 Å². The fraction of sp³-hybridized carbons (Fsp3) is 0.188. The first-order chi connectivity index (χ1) is 10.1. The molecule has 0 heterocycles. The van der Waals surface area contributed by atoms with Crippen LogP contribution in [0.4, 0.5) is 0 Å². The summed E-state index contributed by atoms with van der Waals surface area (Å²) >= 11 is 6.10. The standard InChI is InChI=1S/C16H17ClN2O2/c1-2-20-15-9-11(16(18)19)7-8-14(15)21-10-12-5-3-4-6-13(12)17/h3-9H,2,10H2,1H3,(H3,18,19). The van der Waals surface area contributed by atoms with Crippen LogP contribution < -0.4 is 15.2 Å². The molecule has 0 saturated carbocycles. The van der Waals surface area contributed by atoms with Crippen molar-refractivity contribution >= 4 is 17.4 Å². The summed E-state index contributed by atoms with van der Waals surface area (Å²) in [6, 6.07) is 12.7.